The van der Waals surface area contributed by atoms with Crippen LogP contribution < -0.4 is 10.0 Å². The number of halogens is 3. The van der Waals surface area contributed by atoms with E-state index in [1.807, 2.05) is 6.92 Å². The normalized spacial score (nSPS) is 16.9. The van der Waals surface area contributed by atoms with Crippen LogP contribution in [0.4, 0.5) is 18.9 Å². The van der Waals surface area contributed by atoms with E-state index in [0.717, 1.165) is 24.0 Å². The molecular formula is C17H16F3N3O3S2. The number of hydrogen-bond donors (Lipinski definition) is 1. The van der Waals surface area contributed by atoms with Crippen molar-refractivity contribution < 1.29 is 26.4 Å². The number of alkyl halides is 3. The van der Waals surface area contributed by atoms with Crippen molar-refractivity contribution in [2.45, 2.75) is 35.5 Å². The predicted molar refractivity (Wildman–Crippen MR) is 98.4 cm³/mol. The smallest absolute Gasteiger partial charge is 0.308 e. The third-order valence-corrected chi connectivity index (χ3v) is 6.11. The van der Waals surface area contributed by atoms with Crippen molar-refractivity contribution in [3.63, 3.8) is 0 Å². The van der Waals surface area contributed by atoms with Crippen LogP contribution in [0.2, 0.25) is 0 Å². The molecule has 2 aromatic rings. The standard InChI is InChI=1S/C17H16F3N3O3S2/c1-10-6-11-7-13(28(21,25)26)3-4-14(11)23(10)16(24)9-27-15-5-2-12(8-22-15)17(18,19)20/h2-5,7-8,10H,6,9H2,1H3,(H2,21,25,26). The molecule has 1 aliphatic heterocycles. The number of benzene rings is 1. The highest BCUT2D eigenvalue weighted by Crippen LogP contribution is 2.35. The van der Waals surface area contributed by atoms with Crippen LogP contribution in [0.1, 0.15) is 18.1 Å². The third kappa shape index (κ3) is 4.31. The molecule has 1 aliphatic rings. The summed E-state index contributed by atoms with van der Waals surface area (Å²) in [5, 5.41) is 5.44. The number of sulfonamides is 1. The van der Waals surface area contributed by atoms with Crippen LogP contribution >= 0.6 is 11.8 Å². The second-order valence-corrected chi connectivity index (χ2v) is 8.88. The molecule has 0 radical (unpaired) electrons. The molecule has 0 spiro atoms. The molecular weight excluding hydrogens is 415 g/mol. The van der Waals surface area contributed by atoms with Gasteiger partial charge in [-0.15, -0.1) is 0 Å². The van der Waals surface area contributed by atoms with Gasteiger partial charge in [0.1, 0.15) is 0 Å². The topological polar surface area (TPSA) is 93.4 Å². The van der Waals surface area contributed by atoms with E-state index in [1.54, 1.807) is 4.90 Å². The van der Waals surface area contributed by atoms with E-state index >= 15 is 0 Å². The van der Waals surface area contributed by atoms with Crippen LogP contribution in [0, 0.1) is 0 Å². The summed E-state index contributed by atoms with van der Waals surface area (Å²) in [5.41, 5.74) is 0.451. The number of carbonyl (C=O) groups is 1. The van der Waals surface area contributed by atoms with Gasteiger partial charge in [0.15, 0.2) is 0 Å². The maximum atomic E-state index is 12.7. The molecule has 3 rings (SSSR count). The number of aromatic nitrogens is 1. The Morgan fingerprint density at radius 3 is 2.61 bits per heavy atom. The van der Waals surface area contributed by atoms with Crippen LogP contribution in [0.15, 0.2) is 46.5 Å². The fourth-order valence-corrected chi connectivity index (χ4v) is 4.27. The monoisotopic (exact) mass is 431 g/mol. The van der Waals surface area contributed by atoms with Crippen molar-refractivity contribution in [1.82, 2.24) is 4.98 Å². The highest BCUT2D eigenvalue weighted by molar-refractivity contribution is 7.99. The van der Waals surface area contributed by atoms with Gasteiger partial charge in [-0.1, -0.05) is 11.8 Å². The van der Waals surface area contributed by atoms with Gasteiger partial charge in [0.2, 0.25) is 15.9 Å². The Morgan fingerprint density at radius 2 is 2.04 bits per heavy atom. The van der Waals surface area contributed by atoms with Gasteiger partial charge in [-0.25, -0.2) is 18.5 Å². The minimum Gasteiger partial charge on any atom is -0.308 e. The van der Waals surface area contributed by atoms with Crippen molar-refractivity contribution in [2.75, 3.05) is 10.7 Å². The first-order valence-corrected chi connectivity index (χ1v) is 10.6. The number of amides is 1. The van der Waals surface area contributed by atoms with E-state index in [-0.39, 0.29) is 22.6 Å². The van der Waals surface area contributed by atoms with E-state index in [1.165, 1.54) is 24.3 Å². The third-order valence-electron chi connectivity index (χ3n) is 4.27. The van der Waals surface area contributed by atoms with Crippen molar-refractivity contribution >= 4 is 33.4 Å². The van der Waals surface area contributed by atoms with Crippen LogP contribution in [0.3, 0.4) is 0 Å². The second-order valence-electron chi connectivity index (χ2n) is 6.32. The van der Waals surface area contributed by atoms with Gasteiger partial charge in [-0.2, -0.15) is 13.2 Å². The molecule has 1 unspecified atom stereocenters. The molecule has 0 bridgehead atoms. The Kier molecular flexibility index (Phi) is 5.43. The van der Waals surface area contributed by atoms with Crippen molar-refractivity contribution in [3.05, 3.63) is 47.7 Å². The summed E-state index contributed by atoms with van der Waals surface area (Å²) in [6.07, 6.45) is -3.25. The Labute approximate surface area is 164 Å². The number of anilines is 1. The largest absolute Gasteiger partial charge is 0.417 e. The number of hydrogen-bond acceptors (Lipinski definition) is 5. The van der Waals surface area contributed by atoms with E-state index in [2.05, 4.69) is 4.98 Å². The lowest BCUT2D eigenvalue weighted by Crippen LogP contribution is -2.37. The molecule has 2 N–H and O–H groups in total. The number of rotatable bonds is 4. The minimum atomic E-state index is -4.46. The van der Waals surface area contributed by atoms with Gasteiger partial charge in [-0.3, -0.25) is 4.79 Å². The van der Waals surface area contributed by atoms with E-state index < -0.39 is 21.8 Å². The van der Waals surface area contributed by atoms with Crippen LogP contribution in [0.25, 0.3) is 0 Å². The number of pyridine rings is 1. The molecule has 11 heteroatoms. The molecule has 0 saturated heterocycles. The zero-order valence-electron chi connectivity index (χ0n) is 14.6. The lowest BCUT2D eigenvalue weighted by Gasteiger charge is -2.22. The maximum Gasteiger partial charge on any atom is 0.417 e. The lowest BCUT2D eigenvalue weighted by atomic mass is 10.1. The molecule has 1 atom stereocenters. The summed E-state index contributed by atoms with van der Waals surface area (Å²) in [4.78, 5) is 17.9. The summed E-state index contributed by atoms with van der Waals surface area (Å²) in [6.45, 7) is 1.83. The number of nitrogens with zero attached hydrogens (tertiary/aromatic N) is 2. The Hall–Kier alpha value is -2.11. The Bertz CT molecular complexity index is 1010. The van der Waals surface area contributed by atoms with Gasteiger partial charge in [0.25, 0.3) is 0 Å². The summed E-state index contributed by atoms with van der Waals surface area (Å²) >= 11 is 1.03. The van der Waals surface area contributed by atoms with Gasteiger partial charge in [0.05, 0.1) is 21.2 Å². The fourth-order valence-electron chi connectivity index (χ4n) is 3.00. The van der Waals surface area contributed by atoms with E-state index in [9.17, 15) is 26.4 Å². The molecule has 0 aliphatic carbocycles. The van der Waals surface area contributed by atoms with E-state index in [4.69, 9.17) is 5.14 Å². The molecule has 28 heavy (non-hydrogen) atoms. The van der Waals surface area contributed by atoms with Crippen molar-refractivity contribution in [1.29, 1.82) is 0 Å². The Balaban J connectivity index is 1.72. The number of thioether (sulfide) groups is 1. The highest BCUT2D eigenvalue weighted by atomic mass is 32.2. The maximum absolute atomic E-state index is 12.7. The first-order chi connectivity index (χ1) is 13.0. The number of nitrogens with two attached hydrogens (primary N) is 1. The average Bonchev–Trinajstić information content (AvgIpc) is 2.93. The van der Waals surface area contributed by atoms with E-state index in [0.29, 0.717) is 22.7 Å². The lowest BCUT2D eigenvalue weighted by molar-refractivity contribution is -0.137. The van der Waals surface area contributed by atoms with Crippen LogP contribution in [0.5, 0.6) is 0 Å². The van der Waals surface area contributed by atoms with Crippen molar-refractivity contribution in [3.8, 4) is 0 Å². The van der Waals surface area contributed by atoms with Gasteiger partial charge in [0, 0.05) is 17.9 Å². The molecule has 0 saturated carbocycles. The first kappa shape index (κ1) is 20.6. The predicted octanol–water partition coefficient (Wildman–Crippen LogP) is 2.82. The first-order valence-electron chi connectivity index (χ1n) is 8.10. The highest BCUT2D eigenvalue weighted by Gasteiger charge is 2.32. The minimum absolute atomic E-state index is 0.0148. The number of carbonyl (C=O) groups excluding carboxylic acids is 1. The number of fused-ring (bicyclic) bond motifs is 1. The summed E-state index contributed by atoms with van der Waals surface area (Å²) in [5.74, 6) is -0.264. The fraction of sp³-hybridized carbons (Fsp3) is 0.294. The molecule has 2 heterocycles. The molecule has 1 amide bonds. The SMILES string of the molecule is CC1Cc2cc(S(N)(=O)=O)ccc2N1C(=O)CSc1ccc(C(F)(F)F)cn1. The molecule has 6 nitrogen and oxygen atoms in total. The van der Waals surface area contributed by atoms with Gasteiger partial charge >= 0.3 is 6.18 Å². The summed E-state index contributed by atoms with van der Waals surface area (Å²) in [7, 11) is -3.84. The summed E-state index contributed by atoms with van der Waals surface area (Å²) in [6, 6.07) is 6.30. The number of primary sulfonamides is 1. The Morgan fingerprint density at radius 1 is 1.32 bits per heavy atom. The molecule has 0 fully saturated rings. The van der Waals surface area contributed by atoms with Crippen LogP contribution in [-0.4, -0.2) is 31.1 Å². The quantitative estimate of drug-likeness (QED) is 0.752. The summed E-state index contributed by atoms with van der Waals surface area (Å²) < 4.78 is 60.7. The molecule has 150 valence electrons. The van der Waals surface area contributed by atoms with Crippen molar-refractivity contribution in [2.24, 2.45) is 5.14 Å². The van der Waals surface area contributed by atoms with Gasteiger partial charge in [-0.05, 0) is 49.2 Å². The molecule has 1 aromatic heterocycles. The zero-order valence-corrected chi connectivity index (χ0v) is 16.2. The zero-order chi connectivity index (χ0) is 20.7. The van der Waals surface area contributed by atoms with Gasteiger partial charge < -0.3 is 4.90 Å². The average molecular weight is 431 g/mol. The van der Waals surface area contributed by atoms with Crippen LogP contribution in [-0.2, 0) is 27.4 Å². The second kappa shape index (κ2) is 7.37. The molecule has 1 aromatic carbocycles.